The summed E-state index contributed by atoms with van der Waals surface area (Å²) in [6.07, 6.45) is 5.81. The van der Waals surface area contributed by atoms with Gasteiger partial charge in [0.15, 0.2) is 5.13 Å². The van der Waals surface area contributed by atoms with Gasteiger partial charge in [0.05, 0.1) is 12.8 Å². The highest BCUT2D eigenvalue weighted by molar-refractivity contribution is 7.14. The Bertz CT molecular complexity index is 665. The monoisotopic (exact) mass is 331 g/mol. The van der Waals surface area contributed by atoms with Crippen molar-refractivity contribution in [1.29, 1.82) is 0 Å². The van der Waals surface area contributed by atoms with Crippen molar-refractivity contribution in [1.82, 2.24) is 10.3 Å². The molecule has 5 nitrogen and oxygen atoms in total. The average Bonchev–Trinajstić information content (AvgIpc) is 3.04. The predicted molar refractivity (Wildman–Crippen MR) is 93.1 cm³/mol. The van der Waals surface area contributed by atoms with E-state index in [-0.39, 0.29) is 6.03 Å². The van der Waals surface area contributed by atoms with E-state index >= 15 is 0 Å². The summed E-state index contributed by atoms with van der Waals surface area (Å²) in [5.74, 6) is 0.792. The van der Waals surface area contributed by atoms with Crippen LogP contribution in [0.1, 0.15) is 32.1 Å². The summed E-state index contributed by atoms with van der Waals surface area (Å²) in [6.45, 7) is 0. The molecule has 1 aromatic carbocycles. The van der Waals surface area contributed by atoms with E-state index in [1.54, 1.807) is 7.11 Å². The zero-order chi connectivity index (χ0) is 16.1. The minimum Gasteiger partial charge on any atom is -0.497 e. The number of benzene rings is 1. The lowest BCUT2D eigenvalue weighted by molar-refractivity contribution is 0.244. The number of amides is 2. The molecule has 0 radical (unpaired) electrons. The van der Waals surface area contributed by atoms with E-state index in [0.29, 0.717) is 11.2 Å². The highest BCUT2D eigenvalue weighted by atomic mass is 32.1. The van der Waals surface area contributed by atoms with Crippen LogP contribution in [0.3, 0.4) is 0 Å². The van der Waals surface area contributed by atoms with Crippen LogP contribution in [0.2, 0.25) is 0 Å². The number of carbonyl (C=O) groups excluding carboxylic acids is 1. The van der Waals surface area contributed by atoms with E-state index in [4.69, 9.17) is 4.74 Å². The molecule has 1 fully saturated rings. The largest absolute Gasteiger partial charge is 0.497 e. The van der Waals surface area contributed by atoms with Gasteiger partial charge in [0.1, 0.15) is 5.75 Å². The fourth-order valence-electron chi connectivity index (χ4n) is 2.81. The van der Waals surface area contributed by atoms with Gasteiger partial charge in [-0.15, -0.1) is 11.3 Å². The molecule has 6 heteroatoms. The Hall–Kier alpha value is -2.08. The summed E-state index contributed by atoms with van der Waals surface area (Å²) >= 11 is 1.42. The van der Waals surface area contributed by atoms with Crippen molar-refractivity contribution < 1.29 is 9.53 Å². The molecule has 1 aliphatic rings. The van der Waals surface area contributed by atoms with E-state index in [1.165, 1.54) is 30.6 Å². The molecule has 1 aromatic heterocycles. The van der Waals surface area contributed by atoms with Crippen LogP contribution in [-0.4, -0.2) is 24.2 Å². The first-order valence-corrected chi connectivity index (χ1v) is 8.80. The van der Waals surface area contributed by atoms with E-state index in [9.17, 15) is 4.79 Å². The summed E-state index contributed by atoms with van der Waals surface area (Å²) in [6, 6.07) is 7.86. The molecule has 2 amide bonds. The lowest BCUT2D eigenvalue weighted by Gasteiger charge is -2.22. The number of methoxy groups -OCH3 is 1. The predicted octanol–water partition coefficient (Wildman–Crippen LogP) is 4.27. The molecule has 2 N–H and O–H groups in total. The van der Waals surface area contributed by atoms with E-state index < -0.39 is 0 Å². The Kier molecular flexibility index (Phi) is 5.12. The van der Waals surface area contributed by atoms with Crippen LogP contribution < -0.4 is 15.4 Å². The Labute approximate surface area is 140 Å². The molecule has 0 aliphatic heterocycles. The molecule has 1 saturated carbocycles. The Morgan fingerprint density at radius 2 is 2.13 bits per heavy atom. The van der Waals surface area contributed by atoms with Gasteiger partial charge < -0.3 is 10.1 Å². The molecule has 0 spiro atoms. The number of carbonyl (C=O) groups is 1. The first-order chi connectivity index (χ1) is 11.2. The lowest BCUT2D eigenvalue weighted by atomic mass is 9.96. The maximum Gasteiger partial charge on any atom is 0.321 e. The number of ether oxygens (including phenoxy) is 1. The minimum atomic E-state index is -0.163. The number of rotatable bonds is 4. The van der Waals surface area contributed by atoms with Crippen LogP contribution >= 0.6 is 11.3 Å². The molecule has 122 valence electrons. The summed E-state index contributed by atoms with van der Waals surface area (Å²) < 4.78 is 5.23. The minimum absolute atomic E-state index is 0.163. The molecule has 0 saturated heterocycles. The van der Waals surface area contributed by atoms with Gasteiger partial charge in [-0.25, -0.2) is 9.78 Å². The third-order valence-electron chi connectivity index (χ3n) is 4.03. The van der Waals surface area contributed by atoms with Crippen LogP contribution in [0.5, 0.6) is 5.75 Å². The number of hydrogen-bond donors (Lipinski definition) is 2. The maximum absolute atomic E-state index is 12.1. The Morgan fingerprint density at radius 1 is 1.30 bits per heavy atom. The number of hydrogen-bond acceptors (Lipinski definition) is 4. The first-order valence-electron chi connectivity index (χ1n) is 7.92. The van der Waals surface area contributed by atoms with Crippen LogP contribution in [-0.2, 0) is 0 Å². The van der Waals surface area contributed by atoms with Gasteiger partial charge in [-0.2, -0.15) is 0 Å². The standard InChI is InChI=1S/C17H21N3O2S/c1-22-14-9-5-6-12(10-14)15-11-23-17(19-15)20-16(21)18-13-7-3-2-4-8-13/h5-6,9-11,13H,2-4,7-8H2,1H3,(H2,18,19,20,21). The van der Waals surface area contributed by atoms with E-state index in [2.05, 4.69) is 15.6 Å². The van der Waals surface area contributed by atoms with Crippen LogP contribution in [0.25, 0.3) is 11.3 Å². The third-order valence-corrected chi connectivity index (χ3v) is 4.79. The Balaban J connectivity index is 1.61. The highest BCUT2D eigenvalue weighted by Crippen LogP contribution is 2.27. The van der Waals surface area contributed by atoms with Crippen molar-refractivity contribution in [2.45, 2.75) is 38.1 Å². The second-order valence-electron chi connectivity index (χ2n) is 5.70. The van der Waals surface area contributed by atoms with Crippen molar-refractivity contribution in [3.63, 3.8) is 0 Å². The quantitative estimate of drug-likeness (QED) is 0.879. The molecular formula is C17H21N3O2S. The van der Waals surface area contributed by atoms with Crippen LogP contribution in [0.15, 0.2) is 29.6 Å². The fraction of sp³-hybridized carbons (Fsp3) is 0.412. The van der Waals surface area contributed by atoms with Gasteiger partial charge >= 0.3 is 6.03 Å². The van der Waals surface area contributed by atoms with E-state index in [1.807, 2.05) is 29.6 Å². The number of nitrogens with one attached hydrogen (secondary N) is 2. The molecule has 23 heavy (non-hydrogen) atoms. The van der Waals surface area contributed by atoms with Gasteiger partial charge in [0.2, 0.25) is 0 Å². The van der Waals surface area contributed by atoms with Gasteiger partial charge in [-0.3, -0.25) is 5.32 Å². The highest BCUT2D eigenvalue weighted by Gasteiger charge is 2.16. The Morgan fingerprint density at radius 3 is 2.91 bits per heavy atom. The SMILES string of the molecule is COc1cccc(-c2csc(NC(=O)NC3CCCCC3)n2)c1. The average molecular weight is 331 g/mol. The summed E-state index contributed by atoms with van der Waals surface area (Å²) in [5, 5.41) is 8.41. The molecule has 2 aromatic rings. The normalized spacial score (nSPS) is 15.2. The fourth-order valence-corrected chi connectivity index (χ4v) is 3.53. The zero-order valence-corrected chi connectivity index (χ0v) is 14.0. The number of urea groups is 1. The van der Waals surface area contributed by atoms with Gasteiger partial charge in [0.25, 0.3) is 0 Å². The molecule has 3 rings (SSSR count). The summed E-state index contributed by atoms with van der Waals surface area (Å²) in [7, 11) is 1.64. The van der Waals surface area contributed by atoms with Crippen molar-refractivity contribution in [3.05, 3.63) is 29.6 Å². The second kappa shape index (κ2) is 7.46. The van der Waals surface area contributed by atoms with Gasteiger partial charge in [-0.1, -0.05) is 31.4 Å². The molecule has 0 unspecified atom stereocenters. The molecule has 0 atom stereocenters. The number of thiazole rings is 1. The van der Waals surface area contributed by atoms with E-state index in [0.717, 1.165) is 29.8 Å². The second-order valence-corrected chi connectivity index (χ2v) is 6.56. The maximum atomic E-state index is 12.1. The molecule has 1 heterocycles. The van der Waals surface area contributed by atoms with Crippen molar-refractivity contribution in [3.8, 4) is 17.0 Å². The summed E-state index contributed by atoms with van der Waals surface area (Å²) in [5.41, 5.74) is 1.81. The smallest absolute Gasteiger partial charge is 0.321 e. The molecule has 1 aliphatic carbocycles. The van der Waals surface area contributed by atoms with Crippen LogP contribution in [0, 0.1) is 0 Å². The first kappa shape index (κ1) is 15.8. The van der Waals surface area contributed by atoms with Crippen LogP contribution in [0.4, 0.5) is 9.93 Å². The lowest BCUT2D eigenvalue weighted by Crippen LogP contribution is -2.38. The number of anilines is 1. The van der Waals surface area contributed by atoms with Gasteiger partial charge in [-0.05, 0) is 25.0 Å². The number of aromatic nitrogens is 1. The number of nitrogens with zero attached hydrogens (tertiary/aromatic N) is 1. The van der Waals surface area contributed by atoms with Crippen molar-refractivity contribution in [2.75, 3.05) is 12.4 Å². The molecular weight excluding hydrogens is 310 g/mol. The third kappa shape index (κ3) is 4.22. The van der Waals surface area contributed by atoms with Crippen molar-refractivity contribution in [2.24, 2.45) is 0 Å². The van der Waals surface area contributed by atoms with Gasteiger partial charge in [0, 0.05) is 17.0 Å². The topological polar surface area (TPSA) is 63.2 Å². The zero-order valence-electron chi connectivity index (χ0n) is 13.2. The molecule has 0 bridgehead atoms. The summed E-state index contributed by atoms with van der Waals surface area (Å²) in [4.78, 5) is 16.5. The van der Waals surface area contributed by atoms with Crippen molar-refractivity contribution >= 4 is 22.5 Å².